The van der Waals surface area contributed by atoms with Gasteiger partial charge in [-0.3, -0.25) is 19.3 Å². The molecule has 0 atom stereocenters. The molecule has 1 aromatic carbocycles. The molecule has 0 spiro atoms. The molecule has 2 aliphatic heterocycles. The summed E-state index contributed by atoms with van der Waals surface area (Å²) in [6, 6.07) is 1.74. The number of likely N-dealkylation sites (N-methyl/N-ethyl adjacent to an activating group) is 1. The molecule has 13 nitrogen and oxygen atoms in total. The average molecular weight is 612 g/mol. The van der Waals surface area contributed by atoms with Gasteiger partial charge in [0, 0.05) is 68.9 Å². The van der Waals surface area contributed by atoms with Crippen LogP contribution in [-0.2, 0) is 18.4 Å². The van der Waals surface area contributed by atoms with E-state index in [1.807, 2.05) is 19.0 Å². The van der Waals surface area contributed by atoms with Crippen molar-refractivity contribution in [3.63, 3.8) is 0 Å². The van der Waals surface area contributed by atoms with E-state index < -0.39 is 29.4 Å². The Morgan fingerprint density at radius 1 is 1.16 bits per heavy atom. The highest BCUT2D eigenvalue weighted by Crippen LogP contribution is 2.41. The molecular weight excluding hydrogens is 576 g/mol. The number of piperidine rings is 1. The lowest BCUT2D eigenvalue weighted by molar-refractivity contribution is -0.127. The van der Waals surface area contributed by atoms with E-state index in [2.05, 4.69) is 20.4 Å². The van der Waals surface area contributed by atoms with E-state index >= 15 is 8.78 Å². The van der Waals surface area contributed by atoms with Gasteiger partial charge in [-0.05, 0) is 26.9 Å². The number of hydrogen-bond donors (Lipinski definition) is 1. The number of likely N-dealkylation sites (tertiary alicyclic amines) is 1. The van der Waals surface area contributed by atoms with Crippen LogP contribution in [0.2, 0.25) is 0 Å². The Kier molecular flexibility index (Phi) is 8.94. The summed E-state index contributed by atoms with van der Waals surface area (Å²) in [5.74, 6) is -1.73. The number of methoxy groups -OCH3 is 2. The summed E-state index contributed by atoms with van der Waals surface area (Å²) in [6.45, 7) is 1.20. The number of ether oxygens (including phenoxy) is 2. The maximum absolute atomic E-state index is 15.6. The van der Waals surface area contributed by atoms with E-state index in [1.165, 1.54) is 25.3 Å². The monoisotopic (exact) mass is 611 g/mol. The first kappa shape index (κ1) is 30.7. The van der Waals surface area contributed by atoms with Crippen LogP contribution in [0.1, 0.15) is 18.4 Å². The fourth-order valence-electron chi connectivity index (χ4n) is 5.26. The van der Waals surface area contributed by atoms with Crippen LogP contribution in [0, 0.1) is 11.6 Å². The number of urea groups is 1. The second-order valence-corrected chi connectivity index (χ2v) is 10.8. The van der Waals surface area contributed by atoms with Crippen molar-refractivity contribution in [1.82, 2.24) is 29.5 Å². The van der Waals surface area contributed by atoms with Gasteiger partial charge in [0.05, 0.1) is 20.8 Å². The van der Waals surface area contributed by atoms with Gasteiger partial charge >= 0.3 is 6.03 Å². The van der Waals surface area contributed by atoms with Gasteiger partial charge < -0.3 is 24.6 Å². The summed E-state index contributed by atoms with van der Waals surface area (Å²) in [5, 5.41) is 7.32. The number of nitrogens with zero attached hydrogens (tertiary/aromatic N) is 8. The molecule has 0 unspecified atom stereocenters. The maximum Gasteiger partial charge on any atom is 0.330 e. The van der Waals surface area contributed by atoms with Crippen LogP contribution >= 0.6 is 0 Å². The second-order valence-electron chi connectivity index (χ2n) is 10.8. The Labute approximate surface area is 253 Å². The number of fused-ring (bicyclic) bond motifs is 1. The number of halogens is 2. The molecule has 0 radical (unpaired) electrons. The van der Waals surface area contributed by atoms with Gasteiger partial charge in [-0.1, -0.05) is 6.08 Å². The molecular formula is C29H35F2N9O4. The molecule has 0 bridgehead atoms. The number of carbonyl (C=O) groups excluding carboxylic acids is 2. The molecule has 2 aliphatic rings. The molecule has 5 rings (SSSR count). The van der Waals surface area contributed by atoms with E-state index in [9.17, 15) is 9.59 Å². The minimum atomic E-state index is -1.04. The van der Waals surface area contributed by atoms with Gasteiger partial charge in [0.15, 0.2) is 29.0 Å². The van der Waals surface area contributed by atoms with Crippen molar-refractivity contribution < 1.29 is 27.8 Å². The van der Waals surface area contributed by atoms with Crippen LogP contribution < -0.4 is 24.6 Å². The van der Waals surface area contributed by atoms with Gasteiger partial charge in [-0.2, -0.15) is 10.1 Å². The SMILES string of the molecule is COc1cc(OC)c(F)c(N2Cc3cnc(Nc4ccn(C)n4)nc3N(C3CCN(C(=O)/C=C/CN(C)C)CC3)C2=O)c1F. The third-order valence-electron chi connectivity index (χ3n) is 7.48. The van der Waals surface area contributed by atoms with Gasteiger partial charge in [0.2, 0.25) is 11.9 Å². The normalized spacial score (nSPS) is 15.7. The Hall–Kier alpha value is -4.79. The van der Waals surface area contributed by atoms with Gasteiger partial charge in [-0.15, -0.1) is 0 Å². The van der Waals surface area contributed by atoms with Gasteiger partial charge in [0.1, 0.15) is 11.5 Å². The van der Waals surface area contributed by atoms with Crippen molar-refractivity contribution in [3.8, 4) is 11.5 Å². The zero-order valence-corrected chi connectivity index (χ0v) is 25.3. The number of amides is 3. The number of nitrogens with one attached hydrogen (secondary N) is 1. The van der Waals surface area contributed by atoms with Crippen LogP contribution in [0.4, 0.5) is 36.8 Å². The summed E-state index contributed by atoms with van der Waals surface area (Å²) in [5.41, 5.74) is -0.127. The summed E-state index contributed by atoms with van der Waals surface area (Å²) in [4.78, 5) is 42.1. The first-order chi connectivity index (χ1) is 21.1. The molecule has 4 heterocycles. The van der Waals surface area contributed by atoms with E-state index in [0.29, 0.717) is 49.7 Å². The molecule has 234 valence electrons. The number of rotatable bonds is 9. The van der Waals surface area contributed by atoms with E-state index in [4.69, 9.17) is 9.47 Å². The highest BCUT2D eigenvalue weighted by Gasteiger charge is 2.41. The third kappa shape index (κ3) is 6.13. The molecule has 2 aromatic heterocycles. The summed E-state index contributed by atoms with van der Waals surface area (Å²) in [7, 11) is 8.09. The summed E-state index contributed by atoms with van der Waals surface area (Å²) in [6.07, 6.45) is 7.46. The molecule has 1 saturated heterocycles. The van der Waals surface area contributed by atoms with Crippen molar-refractivity contribution in [2.45, 2.75) is 25.4 Å². The van der Waals surface area contributed by atoms with Crippen molar-refractivity contribution in [2.24, 2.45) is 7.05 Å². The van der Waals surface area contributed by atoms with Crippen LogP contribution in [0.15, 0.2) is 36.7 Å². The highest BCUT2D eigenvalue weighted by molar-refractivity contribution is 6.06. The lowest BCUT2D eigenvalue weighted by Gasteiger charge is -2.43. The maximum atomic E-state index is 15.6. The lowest BCUT2D eigenvalue weighted by atomic mass is 10.0. The van der Waals surface area contributed by atoms with E-state index in [1.54, 1.807) is 41.0 Å². The zero-order chi connectivity index (χ0) is 31.5. The van der Waals surface area contributed by atoms with Crippen LogP contribution in [0.5, 0.6) is 11.5 Å². The average Bonchev–Trinajstić information content (AvgIpc) is 3.41. The molecule has 0 saturated carbocycles. The molecule has 3 aromatic rings. The van der Waals surface area contributed by atoms with Crippen LogP contribution in [0.25, 0.3) is 0 Å². The number of benzene rings is 1. The Balaban J connectivity index is 1.50. The number of hydrogen-bond acceptors (Lipinski definition) is 9. The lowest BCUT2D eigenvalue weighted by Crippen LogP contribution is -2.56. The zero-order valence-electron chi connectivity index (χ0n) is 25.3. The minimum Gasteiger partial charge on any atom is -0.493 e. The second kappa shape index (κ2) is 12.8. The summed E-state index contributed by atoms with van der Waals surface area (Å²) < 4.78 is 43.1. The first-order valence-corrected chi connectivity index (χ1v) is 14.0. The van der Waals surface area contributed by atoms with Gasteiger partial charge in [0.25, 0.3) is 0 Å². The quantitative estimate of drug-likeness (QED) is 0.364. The van der Waals surface area contributed by atoms with Crippen LogP contribution in [0.3, 0.4) is 0 Å². The largest absolute Gasteiger partial charge is 0.493 e. The number of carbonyl (C=O) groups is 2. The molecule has 0 aliphatic carbocycles. The molecule has 3 amide bonds. The Morgan fingerprint density at radius 3 is 2.43 bits per heavy atom. The standard InChI is InChI=1S/C29H35F2N9O4/c1-36(2)11-6-7-23(41)38-13-8-19(9-14-38)40-27-18(16-32-28(34-27)33-22-10-12-37(3)35-22)17-39(29(40)42)26-24(30)20(43-4)15-21(44-5)25(26)31/h6-7,10,12,15-16,19H,8-9,11,13-14,17H2,1-5H3,(H,32,33,34,35)/b7-6+. The van der Waals surface area contributed by atoms with Crippen molar-refractivity contribution in [1.29, 1.82) is 0 Å². The fraction of sp³-hybridized carbons (Fsp3) is 0.414. The first-order valence-electron chi connectivity index (χ1n) is 14.0. The predicted octanol–water partition coefficient (Wildman–Crippen LogP) is 3.30. The number of aryl methyl sites for hydroxylation is 1. The predicted molar refractivity (Wildman–Crippen MR) is 159 cm³/mol. The van der Waals surface area contributed by atoms with Crippen molar-refractivity contribution in [3.05, 3.63) is 53.9 Å². The highest BCUT2D eigenvalue weighted by atomic mass is 19.1. The fourth-order valence-corrected chi connectivity index (χ4v) is 5.26. The molecule has 44 heavy (non-hydrogen) atoms. The van der Waals surface area contributed by atoms with Gasteiger partial charge in [-0.25, -0.2) is 18.6 Å². The molecule has 15 heteroatoms. The van der Waals surface area contributed by atoms with Crippen LogP contribution in [-0.4, -0.2) is 95.5 Å². The molecule has 1 N–H and O–H groups in total. The summed E-state index contributed by atoms with van der Waals surface area (Å²) >= 11 is 0. The third-order valence-corrected chi connectivity index (χ3v) is 7.48. The number of anilines is 4. The van der Waals surface area contributed by atoms with E-state index in [0.717, 1.165) is 11.0 Å². The topological polar surface area (TPSA) is 121 Å². The Bertz CT molecular complexity index is 1540. The van der Waals surface area contributed by atoms with E-state index in [-0.39, 0.29) is 29.9 Å². The minimum absolute atomic E-state index is 0.117. The van der Waals surface area contributed by atoms with Crippen molar-refractivity contribution in [2.75, 3.05) is 63.1 Å². The smallest absolute Gasteiger partial charge is 0.330 e. The number of aromatic nitrogens is 4. The molecule has 1 fully saturated rings. The van der Waals surface area contributed by atoms with Crippen molar-refractivity contribution >= 4 is 35.2 Å². The Morgan fingerprint density at radius 2 is 1.84 bits per heavy atom.